The fourth-order valence-electron chi connectivity index (χ4n) is 1.72. The van der Waals surface area contributed by atoms with Crippen LogP contribution in [0.4, 0.5) is 11.4 Å². The maximum Gasteiger partial charge on any atom is 0.261 e. The molecule has 2 aromatic carbocycles. The first kappa shape index (κ1) is 14.7. The van der Waals surface area contributed by atoms with Crippen molar-refractivity contribution in [1.29, 1.82) is 5.26 Å². The van der Waals surface area contributed by atoms with Crippen LogP contribution in [-0.4, -0.2) is 15.5 Å². The molecule has 0 atom stereocenters. The van der Waals surface area contributed by atoms with Gasteiger partial charge in [-0.2, -0.15) is 5.26 Å². The fraction of sp³-hybridized carbons (Fsp3) is 0.0714. The monoisotopic (exact) mass is 303 g/mol. The summed E-state index contributed by atoms with van der Waals surface area (Å²) in [4.78, 5) is 0.0114. The third-order valence-corrected chi connectivity index (χ3v) is 4.14. The summed E-state index contributed by atoms with van der Waals surface area (Å²) >= 11 is 0. The molecule has 0 aliphatic rings. The van der Waals surface area contributed by atoms with Gasteiger partial charge in [-0.15, -0.1) is 0 Å². The standard InChI is InChI=1S/C14H13N3O3S/c1-20-14-8-11(5-6-13(14)16)17-21(18,19)12-4-2-3-10(7-12)9-15/h2-8,17H,16H2,1H3. The SMILES string of the molecule is COc1cc(NS(=O)(=O)c2cccc(C#N)c2)ccc1N. The van der Waals surface area contributed by atoms with Gasteiger partial charge >= 0.3 is 0 Å². The molecular formula is C14H13N3O3S. The Kier molecular flexibility index (Phi) is 4.00. The Labute approximate surface area is 122 Å². The highest BCUT2D eigenvalue weighted by Gasteiger charge is 2.15. The normalized spacial score (nSPS) is 10.7. The second-order valence-corrected chi connectivity index (χ2v) is 5.88. The summed E-state index contributed by atoms with van der Waals surface area (Å²) in [5.41, 5.74) is 6.68. The zero-order chi connectivity index (χ0) is 15.5. The number of rotatable bonds is 4. The third-order valence-electron chi connectivity index (χ3n) is 2.76. The van der Waals surface area contributed by atoms with Gasteiger partial charge < -0.3 is 10.5 Å². The predicted octanol–water partition coefficient (Wildman–Crippen LogP) is 1.95. The number of nitrogens with one attached hydrogen (secondary N) is 1. The van der Waals surface area contributed by atoms with Crippen LogP contribution in [0.25, 0.3) is 0 Å². The van der Waals surface area contributed by atoms with Crippen LogP contribution in [0.15, 0.2) is 47.4 Å². The van der Waals surface area contributed by atoms with Gasteiger partial charge in [-0.1, -0.05) is 6.07 Å². The zero-order valence-electron chi connectivity index (χ0n) is 11.2. The first-order valence-corrected chi connectivity index (χ1v) is 7.41. The molecule has 0 unspecified atom stereocenters. The van der Waals surface area contributed by atoms with Gasteiger partial charge in [0, 0.05) is 6.07 Å². The molecule has 0 amide bonds. The quantitative estimate of drug-likeness (QED) is 0.840. The van der Waals surface area contributed by atoms with E-state index in [2.05, 4.69) is 4.72 Å². The molecule has 0 spiro atoms. The van der Waals surface area contributed by atoms with Crippen LogP contribution in [0.2, 0.25) is 0 Å². The van der Waals surface area contributed by atoms with Gasteiger partial charge in [0.1, 0.15) is 5.75 Å². The summed E-state index contributed by atoms with van der Waals surface area (Å²) in [7, 11) is -2.34. The Morgan fingerprint density at radius 1 is 1.24 bits per heavy atom. The van der Waals surface area contributed by atoms with Crippen molar-refractivity contribution in [2.75, 3.05) is 17.6 Å². The molecule has 3 N–H and O–H groups in total. The first-order valence-electron chi connectivity index (χ1n) is 5.93. The molecule has 0 aromatic heterocycles. The molecule has 2 aromatic rings. The molecule has 0 saturated heterocycles. The molecule has 2 rings (SSSR count). The summed E-state index contributed by atoms with van der Waals surface area (Å²) in [6.07, 6.45) is 0. The number of nitrogen functional groups attached to an aromatic ring is 1. The average molecular weight is 303 g/mol. The van der Waals surface area contributed by atoms with Crippen molar-refractivity contribution in [3.05, 3.63) is 48.0 Å². The lowest BCUT2D eigenvalue weighted by atomic mass is 10.2. The van der Waals surface area contributed by atoms with Gasteiger partial charge in [-0.25, -0.2) is 8.42 Å². The van der Waals surface area contributed by atoms with Crippen molar-refractivity contribution in [3.63, 3.8) is 0 Å². The van der Waals surface area contributed by atoms with E-state index in [1.807, 2.05) is 6.07 Å². The minimum atomic E-state index is -3.78. The highest BCUT2D eigenvalue weighted by atomic mass is 32.2. The molecule has 7 heteroatoms. The van der Waals surface area contributed by atoms with Crippen molar-refractivity contribution in [1.82, 2.24) is 0 Å². The van der Waals surface area contributed by atoms with Crippen LogP contribution in [-0.2, 0) is 10.0 Å². The zero-order valence-corrected chi connectivity index (χ0v) is 12.0. The van der Waals surface area contributed by atoms with E-state index in [-0.39, 0.29) is 10.5 Å². The van der Waals surface area contributed by atoms with Gasteiger partial charge in [-0.3, -0.25) is 4.72 Å². The summed E-state index contributed by atoms with van der Waals surface area (Å²) in [5.74, 6) is 0.376. The van der Waals surface area contributed by atoms with Crippen LogP contribution in [0.3, 0.4) is 0 Å². The number of methoxy groups -OCH3 is 1. The fourth-order valence-corrected chi connectivity index (χ4v) is 2.82. The number of nitrogens with two attached hydrogens (primary N) is 1. The van der Waals surface area contributed by atoms with E-state index in [0.717, 1.165) is 0 Å². The van der Waals surface area contributed by atoms with Gasteiger partial charge in [0.05, 0.1) is 35.0 Å². The summed E-state index contributed by atoms with van der Waals surface area (Å²) in [6, 6.07) is 12.2. The van der Waals surface area contributed by atoms with Crippen LogP contribution in [0.1, 0.15) is 5.56 Å². The van der Waals surface area contributed by atoms with Crippen molar-refractivity contribution in [2.45, 2.75) is 4.90 Å². The minimum absolute atomic E-state index is 0.0114. The lowest BCUT2D eigenvalue weighted by molar-refractivity contribution is 0.417. The van der Waals surface area contributed by atoms with Gasteiger partial charge in [-0.05, 0) is 30.3 Å². The molecule has 0 bridgehead atoms. The summed E-state index contributed by atoms with van der Waals surface area (Å²) < 4.78 is 32.0. The Morgan fingerprint density at radius 2 is 2.00 bits per heavy atom. The molecule has 0 fully saturated rings. The Morgan fingerprint density at radius 3 is 2.67 bits per heavy atom. The number of nitriles is 1. The highest BCUT2D eigenvalue weighted by molar-refractivity contribution is 7.92. The minimum Gasteiger partial charge on any atom is -0.495 e. The van der Waals surface area contributed by atoms with E-state index in [1.165, 1.54) is 43.5 Å². The predicted molar refractivity (Wildman–Crippen MR) is 79.4 cm³/mol. The van der Waals surface area contributed by atoms with Crippen LogP contribution in [0.5, 0.6) is 5.75 Å². The third kappa shape index (κ3) is 3.24. The van der Waals surface area contributed by atoms with Crippen LogP contribution in [0, 0.1) is 11.3 Å². The number of sulfonamides is 1. The molecule has 0 aliphatic heterocycles. The van der Waals surface area contributed by atoms with Gasteiger partial charge in [0.2, 0.25) is 0 Å². The number of anilines is 2. The van der Waals surface area contributed by atoms with E-state index in [1.54, 1.807) is 6.07 Å². The maximum absolute atomic E-state index is 12.3. The smallest absolute Gasteiger partial charge is 0.261 e. The first-order chi connectivity index (χ1) is 9.96. The lowest BCUT2D eigenvalue weighted by Crippen LogP contribution is -2.13. The topological polar surface area (TPSA) is 105 Å². The van der Waals surface area contributed by atoms with Crippen LogP contribution < -0.4 is 15.2 Å². The Balaban J connectivity index is 2.35. The maximum atomic E-state index is 12.3. The molecule has 21 heavy (non-hydrogen) atoms. The largest absolute Gasteiger partial charge is 0.495 e. The highest BCUT2D eigenvalue weighted by Crippen LogP contribution is 2.26. The van der Waals surface area contributed by atoms with Crippen molar-refractivity contribution < 1.29 is 13.2 Å². The number of benzene rings is 2. The van der Waals surface area contributed by atoms with Crippen molar-refractivity contribution in [2.24, 2.45) is 0 Å². The van der Waals surface area contributed by atoms with E-state index in [9.17, 15) is 8.42 Å². The summed E-state index contributed by atoms with van der Waals surface area (Å²) in [5, 5.41) is 8.82. The van der Waals surface area contributed by atoms with E-state index in [4.69, 9.17) is 15.7 Å². The van der Waals surface area contributed by atoms with E-state index < -0.39 is 10.0 Å². The molecule has 0 radical (unpaired) electrons. The summed E-state index contributed by atoms with van der Waals surface area (Å²) in [6.45, 7) is 0. The number of ether oxygens (including phenoxy) is 1. The Bertz CT molecular complexity index is 810. The van der Waals surface area contributed by atoms with Crippen LogP contribution >= 0.6 is 0 Å². The molecule has 0 heterocycles. The molecule has 108 valence electrons. The number of nitrogens with zero attached hydrogens (tertiary/aromatic N) is 1. The second-order valence-electron chi connectivity index (χ2n) is 4.20. The molecule has 0 aliphatic carbocycles. The lowest BCUT2D eigenvalue weighted by Gasteiger charge is -2.10. The van der Waals surface area contributed by atoms with Crippen molar-refractivity contribution >= 4 is 21.4 Å². The second kappa shape index (κ2) is 5.73. The number of hydrogen-bond acceptors (Lipinski definition) is 5. The number of hydrogen-bond donors (Lipinski definition) is 2. The van der Waals surface area contributed by atoms with E-state index >= 15 is 0 Å². The molecular weight excluding hydrogens is 290 g/mol. The van der Waals surface area contributed by atoms with Gasteiger partial charge in [0.25, 0.3) is 10.0 Å². The molecule has 6 nitrogen and oxygen atoms in total. The van der Waals surface area contributed by atoms with Crippen molar-refractivity contribution in [3.8, 4) is 11.8 Å². The Hall–Kier alpha value is -2.72. The van der Waals surface area contributed by atoms with E-state index in [0.29, 0.717) is 17.1 Å². The average Bonchev–Trinajstić information content (AvgIpc) is 2.49. The molecule has 0 saturated carbocycles. The van der Waals surface area contributed by atoms with Gasteiger partial charge in [0.15, 0.2) is 0 Å².